The van der Waals surface area contributed by atoms with Crippen molar-refractivity contribution in [1.29, 1.82) is 0 Å². The van der Waals surface area contributed by atoms with E-state index in [1.54, 1.807) is 0 Å². The van der Waals surface area contributed by atoms with Crippen LogP contribution in [-0.4, -0.2) is 29.0 Å². The van der Waals surface area contributed by atoms with E-state index in [1.165, 1.54) is 6.33 Å². The van der Waals surface area contributed by atoms with Gasteiger partial charge in [-0.3, -0.25) is 4.79 Å². The molecule has 0 aliphatic carbocycles. The van der Waals surface area contributed by atoms with Gasteiger partial charge in [-0.2, -0.15) is 0 Å². The van der Waals surface area contributed by atoms with Crippen LogP contribution in [0.1, 0.15) is 13.8 Å². The van der Waals surface area contributed by atoms with Gasteiger partial charge in [0.1, 0.15) is 6.33 Å². The molecule has 20 heavy (non-hydrogen) atoms. The molecule has 6 heteroatoms. The third-order valence-electron chi connectivity index (χ3n) is 2.61. The van der Waals surface area contributed by atoms with E-state index < -0.39 is 0 Å². The lowest BCUT2D eigenvalue weighted by Crippen LogP contribution is -2.31. The zero-order valence-electron chi connectivity index (χ0n) is 11.4. The molecule has 0 saturated heterocycles. The fourth-order valence-corrected chi connectivity index (χ4v) is 1.98. The standard InChI is InChI=1S/C14H16BrN3O2/c1-9(2)6-16-13(19)7-20-14-11-5-10(15)3-4-12(11)17-8-18-14/h3-5,8-9H,6-7H2,1-2H3,(H,16,19). The Kier molecular flexibility index (Phi) is 4.89. The Bertz CT molecular complexity index is 616. The second kappa shape index (κ2) is 6.65. The number of amides is 1. The molecule has 0 bridgehead atoms. The van der Waals surface area contributed by atoms with Crippen LogP contribution in [0.5, 0.6) is 5.88 Å². The van der Waals surface area contributed by atoms with Gasteiger partial charge < -0.3 is 10.1 Å². The fourth-order valence-electron chi connectivity index (χ4n) is 1.62. The van der Waals surface area contributed by atoms with Crippen LogP contribution in [0.3, 0.4) is 0 Å². The van der Waals surface area contributed by atoms with Crippen LogP contribution in [0.2, 0.25) is 0 Å². The van der Waals surface area contributed by atoms with E-state index >= 15 is 0 Å². The number of hydrogen-bond acceptors (Lipinski definition) is 4. The van der Waals surface area contributed by atoms with Gasteiger partial charge in [0.2, 0.25) is 5.88 Å². The zero-order chi connectivity index (χ0) is 14.5. The number of rotatable bonds is 5. The molecule has 5 nitrogen and oxygen atoms in total. The molecule has 0 unspecified atom stereocenters. The number of hydrogen-bond donors (Lipinski definition) is 1. The van der Waals surface area contributed by atoms with E-state index in [-0.39, 0.29) is 12.5 Å². The Morgan fingerprint density at radius 1 is 1.40 bits per heavy atom. The van der Waals surface area contributed by atoms with Gasteiger partial charge in [-0.05, 0) is 24.1 Å². The van der Waals surface area contributed by atoms with Crippen molar-refractivity contribution in [3.63, 3.8) is 0 Å². The summed E-state index contributed by atoms with van der Waals surface area (Å²) in [5.41, 5.74) is 0.779. The van der Waals surface area contributed by atoms with Crippen LogP contribution in [0, 0.1) is 5.92 Å². The first-order chi connectivity index (χ1) is 9.56. The number of carbonyl (C=O) groups is 1. The van der Waals surface area contributed by atoms with Crippen molar-refractivity contribution in [3.05, 3.63) is 29.0 Å². The first-order valence-corrected chi connectivity index (χ1v) is 7.15. The highest BCUT2D eigenvalue weighted by atomic mass is 79.9. The van der Waals surface area contributed by atoms with Gasteiger partial charge in [0, 0.05) is 11.0 Å². The van der Waals surface area contributed by atoms with Crippen LogP contribution in [0.15, 0.2) is 29.0 Å². The highest BCUT2D eigenvalue weighted by Gasteiger charge is 2.08. The Labute approximate surface area is 125 Å². The first-order valence-electron chi connectivity index (χ1n) is 6.36. The minimum Gasteiger partial charge on any atom is -0.467 e. The number of fused-ring (bicyclic) bond motifs is 1. The van der Waals surface area contributed by atoms with E-state index in [2.05, 4.69) is 31.2 Å². The molecule has 0 saturated carbocycles. The molecule has 106 valence electrons. The predicted molar refractivity (Wildman–Crippen MR) is 80.6 cm³/mol. The number of benzene rings is 1. The second-order valence-electron chi connectivity index (χ2n) is 4.83. The number of aromatic nitrogens is 2. The molecule has 0 fully saturated rings. The number of carbonyl (C=O) groups excluding carboxylic acids is 1. The molecule has 0 aliphatic rings. The van der Waals surface area contributed by atoms with E-state index in [4.69, 9.17) is 4.74 Å². The maximum absolute atomic E-state index is 11.6. The van der Waals surface area contributed by atoms with Crippen LogP contribution in [-0.2, 0) is 4.79 Å². The molecule has 0 aliphatic heterocycles. The SMILES string of the molecule is CC(C)CNC(=O)COc1ncnc2ccc(Br)cc12. The maximum Gasteiger partial charge on any atom is 0.258 e. The lowest BCUT2D eigenvalue weighted by atomic mass is 10.2. The summed E-state index contributed by atoms with van der Waals surface area (Å²) in [6.07, 6.45) is 1.43. The normalized spacial score (nSPS) is 10.8. The summed E-state index contributed by atoms with van der Waals surface area (Å²) in [5, 5.41) is 3.57. The van der Waals surface area contributed by atoms with Crippen molar-refractivity contribution in [2.24, 2.45) is 5.92 Å². The van der Waals surface area contributed by atoms with Crippen molar-refractivity contribution in [1.82, 2.24) is 15.3 Å². The summed E-state index contributed by atoms with van der Waals surface area (Å²) in [5.74, 6) is 0.672. The molecule has 1 N–H and O–H groups in total. The Morgan fingerprint density at radius 2 is 2.20 bits per heavy atom. The summed E-state index contributed by atoms with van der Waals surface area (Å²) in [6.45, 7) is 4.66. The minimum atomic E-state index is -0.152. The van der Waals surface area contributed by atoms with Gasteiger partial charge in [0.15, 0.2) is 6.61 Å². The summed E-state index contributed by atoms with van der Waals surface area (Å²) >= 11 is 3.40. The fraction of sp³-hybridized carbons (Fsp3) is 0.357. The van der Waals surface area contributed by atoms with Crippen molar-refractivity contribution in [3.8, 4) is 5.88 Å². The van der Waals surface area contributed by atoms with Crippen molar-refractivity contribution < 1.29 is 9.53 Å². The predicted octanol–water partition coefficient (Wildman–Crippen LogP) is 2.54. The van der Waals surface area contributed by atoms with Crippen molar-refractivity contribution in [2.45, 2.75) is 13.8 Å². The lowest BCUT2D eigenvalue weighted by Gasteiger charge is -2.09. The van der Waals surface area contributed by atoms with Gasteiger partial charge in [0.25, 0.3) is 5.91 Å². The molecule has 1 aromatic heterocycles. The van der Waals surface area contributed by atoms with E-state index in [1.807, 2.05) is 32.0 Å². The van der Waals surface area contributed by atoms with Crippen molar-refractivity contribution in [2.75, 3.05) is 13.2 Å². The number of nitrogens with one attached hydrogen (secondary N) is 1. The number of ether oxygens (including phenoxy) is 1. The summed E-state index contributed by atoms with van der Waals surface area (Å²) < 4.78 is 6.40. The summed E-state index contributed by atoms with van der Waals surface area (Å²) in [6, 6.07) is 5.64. The molecule has 2 rings (SSSR count). The third kappa shape index (κ3) is 3.90. The van der Waals surface area contributed by atoms with E-state index in [0.29, 0.717) is 18.3 Å². The third-order valence-corrected chi connectivity index (χ3v) is 3.10. The topological polar surface area (TPSA) is 64.1 Å². The quantitative estimate of drug-likeness (QED) is 0.910. The Balaban J connectivity index is 2.06. The van der Waals surface area contributed by atoms with Gasteiger partial charge in [0.05, 0.1) is 10.9 Å². The molecular formula is C14H16BrN3O2. The summed E-state index contributed by atoms with van der Waals surface area (Å²) in [4.78, 5) is 19.9. The average Bonchev–Trinajstić information content (AvgIpc) is 2.42. The van der Waals surface area contributed by atoms with E-state index in [0.717, 1.165) is 15.4 Å². The molecule has 0 atom stereocenters. The average molecular weight is 338 g/mol. The van der Waals surface area contributed by atoms with Crippen molar-refractivity contribution >= 4 is 32.7 Å². The first kappa shape index (κ1) is 14.7. The summed E-state index contributed by atoms with van der Waals surface area (Å²) in [7, 11) is 0. The molecular weight excluding hydrogens is 322 g/mol. The molecule has 1 aromatic carbocycles. The number of nitrogens with zero attached hydrogens (tertiary/aromatic N) is 2. The molecule has 1 amide bonds. The zero-order valence-corrected chi connectivity index (χ0v) is 13.0. The van der Waals surface area contributed by atoms with Crippen LogP contribution in [0.25, 0.3) is 10.9 Å². The molecule has 1 heterocycles. The molecule has 0 spiro atoms. The maximum atomic E-state index is 11.6. The molecule has 0 radical (unpaired) electrons. The van der Waals surface area contributed by atoms with Gasteiger partial charge in [-0.25, -0.2) is 9.97 Å². The highest BCUT2D eigenvalue weighted by Crippen LogP contribution is 2.24. The number of halogens is 1. The van der Waals surface area contributed by atoms with Gasteiger partial charge in [-0.15, -0.1) is 0 Å². The van der Waals surface area contributed by atoms with Gasteiger partial charge >= 0.3 is 0 Å². The largest absolute Gasteiger partial charge is 0.467 e. The van der Waals surface area contributed by atoms with Crippen LogP contribution >= 0.6 is 15.9 Å². The Morgan fingerprint density at radius 3 is 2.95 bits per heavy atom. The second-order valence-corrected chi connectivity index (χ2v) is 5.74. The molecule has 2 aromatic rings. The van der Waals surface area contributed by atoms with E-state index in [9.17, 15) is 4.79 Å². The van der Waals surface area contributed by atoms with Crippen LogP contribution < -0.4 is 10.1 Å². The minimum absolute atomic E-state index is 0.0503. The Hall–Kier alpha value is -1.69. The monoisotopic (exact) mass is 337 g/mol. The van der Waals surface area contributed by atoms with Gasteiger partial charge in [-0.1, -0.05) is 29.8 Å². The highest BCUT2D eigenvalue weighted by molar-refractivity contribution is 9.10. The smallest absolute Gasteiger partial charge is 0.258 e. The lowest BCUT2D eigenvalue weighted by molar-refractivity contribution is -0.123. The van der Waals surface area contributed by atoms with Crippen LogP contribution in [0.4, 0.5) is 0 Å².